The van der Waals surface area contributed by atoms with Crippen LogP contribution in [0.3, 0.4) is 0 Å². The maximum Gasteiger partial charge on any atom is 0.250 e. The zero-order valence-corrected chi connectivity index (χ0v) is 19.6. The molecule has 2 amide bonds. The average molecular weight is 456 g/mol. The number of aryl methyl sites for hydroxylation is 1. The molecule has 4 rings (SSSR count). The number of amides is 2. The molecule has 32 heavy (non-hydrogen) atoms. The van der Waals surface area contributed by atoms with Crippen molar-refractivity contribution in [3.8, 4) is 11.5 Å². The summed E-state index contributed by atoms with van der Waals surface area (Å²) >= 11 is 1.76. The fourth-order valence-corrected chi connectivity index (χ4v) is 5.27. The number of ether oxygens (including phenoxy) is 2. The number of hydrogen-bond donors (Lipinski definition) is 3. The highest BCUT2D eigenvalue weighted by atomic mass is 32.2. The van der Waals surface area contributed by atoms with E-state index < -0.39 is 11.5 Å². The summed E-state index contributed by atoms with van der Waals surface area (Å²) in [6.07, 6.45) is 3.51. The highest BCUT2D eigenvalue weighted by Gasteiger charge is 2.60. The molecule has 0 aliphatic carbocycles. The highest BCUT2D eigenvalue weighted by molar-refractivity contribution is 7.98. The van der Waals surface area contributed by atoms with Crippen molar-refractivity contribution in [3.05, 3.63) is 47.5 Å². The molecule has 1 fully saturated rings. The smallest absolute Gasteiger partial charge is 0.250 e. The van der Waals surface area contributed by atoms with Crippen LogP contribution in [0.4, 0.5) is 11.4 Å². The average Bonchev–Trinajstić information content (AvgIpc) is 3.31. The van der Waals surface area contributed by atoms with Gasteiger partial charge < -0.3 is 20.1 Å². The summed E-state index contributed by atoms with van der Waals surface area (Å²) in [5.74, 6) is 1.12. The SMILES string of the molecule is COc1ccc(OC)c(NC(=O)[C@@H]2C[C@@H](CCSC)N[C@@]23C(=O)Nc2ccc(C)cc23)c1. The van der Waals surface area contributed by atoms with Gasteiger partial charge >= 0.3 is 0 Å². The van der Waals surface area contributed by atoms with Gasteiger partial charge in [-0.1, -0.05) is 17.7 Å². The normalized spacial score (nSPS) is 23.7. The van der Waals surface area contributed by atoms with Crippen molar-refractivity contribution in [1.29, 1.82) is 0 Å². The van der Waals surface area contributed by atoms with E-state index in [1.165, 1.54) is 0 Å². The topological polar surface area (TPSA) is 88.7 Å². The number of methoxy groups -OCH3 is 2. The first kappa shape index (κ1) is 22.5. The second-order valence-corrected chi connectivity index (χ2v) is 9.26. The van der Waals surface area contributed by atoms with Gasteiger partial charge in [0.1, 0.15) is 17.0 Å². The van der Waals surface area contributed by atoms with Crippen LogP contribution in [0.2, 0.25) is 0 Å². The van der Waals surface area contributed by atoms with Crippen molar-refractivity contribution in [2.45, 2.75) is 31.3 Å². The van der Waals surface area contributed by atoms with Gasteiger partial charge in [0.05, 0.1) is 25.8 Å². The van der Waals surface area contributed by atoms with Crippen LogP contribution in [0, 0.1) is 12.8 Å². The monoisotopic (exact) mass is 455 g/mol. The molecule has 0 bridgehead atoms. The number of carbonyl (C=O) groups is 2. The lowest BCUT2D eigenvalue weighted by Crippen LogP contribution is -2.52. The van der Waals surface area contributed by atoms with E-state index in [1.54, 1.807) is 44.2 Å². The lowest BCUT2D eigenvalue weighted by Gasteiger charge is -2.29. The zero-order valence-electron chi connectivity index (χ0n) is 18.8. The second kappa shape index (κ2) is 9.03. The van der Waals surface area contributed by atoms with Gasteiger partial charge in [-0.25, -0.2) is 0 Å². The molecule has 0 aromatic heterocycles. The molecule has 3 atom stereocenters. The largest absolute Gasteiger partial charge is 0.497 e. The van der Waals surface area contributed by atoms with E-state index in [-0.39, 0.29) is 17.9 Å². The van der Waals surface area contributed by atoms with E-state index in [1.807, 2.05) is 25.1 Å². The van der Waals surface area contributed by atoms with Crippen molar-refractivity contribution in [2.24, 2.45) is 5.92 Å². The third-order valence-electron chi connectivity index (χ3n) is 6.33. The van der Waals surface area contributed by atoms with E-state index in [0.717, 1.165) is 29.0 Å². The first-order valence-corrected chi connectivity index (χ1v) is 12.0. The molecule has 8 heteroatoms. The number of benzene rings is 2. The van der Waals surface area contributed by atoms with Crippen LogP contribution in [0.1, 0.15) is 24.0 Å². The molecule has 2 heterocycles. The number of fused-ring (bicyclic) bond motifs is 2. The Balaban J connectivity index is 1.72. The molecule has 170 valence electrons. The van der Waals surface area contributed by atoms with Crippen LogP contribution in [0.5, 0.6) is 11.5 Å². The molecule has 2 aromatic carbocycles. The standard InChI is InChI=1S/C24H29N3O4S/c1-14-5-7-19-17(11-14)24(23(29)26-19)18(12-15(27-24)9-10-32-4)22(28)25-20-13-16(30-2)6-8-21(20)31-3/h5-8,11,13,15,18,27H,9-10,12H2,1-4H3,(H,25,28)(H,26,29)/t15-,18+,24-/m1/s1. The summed E-state index contributed by atoms with van der Waals surface area (Å²) in [4.78, 5) is 27.0. The van der Waals surface area contributed by atoms with Gasteiger partial charge in [-0.05, 0) is 50.0 Å². The van der Waals surface area contributed by atoms with E-state index in [4.69, 9.17) is 9.47 Å². The molecule has 2 aliphatic rings. The fourth-order valence-electron chi connectivity index (χ4n) is 4.75. The van der Waals surface area contributed by atoms with Crippen molar-refractivity contribution >= 4 is 35.0 Å². The van der Waals surface area contributed by atoms with Gasteiger partial charge in [0, 0.05) is 23.4 Å². The maximum absolute atomic E-state index is 13.7. The van der Waals surface area contributed by atoms with Gasteiger partial charge in [0.15, 0.2) is 0 Å². The maximum atomic E-state index is 13.7. The van der Waals surface area contributed by atoms with Crippen LogP contribution >= 0.6 is 11.8 Å². The lowest BCUT2D eigenvalue weighted by atomic mass is 9.79. The summed E-state index contributed by atoms with van der Waals surface area (Å²) < 4.78 is 10.7. The molecule has 0 saturated carbocycles. The number of anilines is 2. The summed E-state index contributed by atoms with van der Waals surface area (Å²) in [6, 6.07) is 11.2. The summed E-state index contributed by atoms with van der Waals surface area (Å²) in [6.45, 7) is 1.99. The highest BCUT2D eigenvalue weighted by Crippen LogP contribution is 2.48. The Bertz CT molecular complexity index is 1040. The van der Waals surface area contributed by atoms with Gasteiger partial charge in [-0.2, -0.15) is 11.8 Å². The number of thioether (sulfide) groups is 1. The first-order valence-electron chi connectivity index (χ1n) is 10.6. The van der Waals surface area contributed by atoms with E-state index in [0.29, 0.717) is 23.6 Å². The molecule has 3 N–H and O–H groups in total. The molecule has 0 unspecified atom stereocenters. The van der Waals surface area contributed by atoms with Gasteiger partial charge in [0.2, 0.25) is 11.8 Å². The summed E-state index contributed by atoms with van der Waals surface area (Å²) in [5, 5.41) is 9.56. The van der Waals surface area contributed by atoms with Crippen molar-refractivity contribution in [1.82, 2.24) is 5.32 Å². The second-order valence-electron chi connectivity index (χ2n) is 8.28. The van der Waals surface area contributed by atoms with Crippen molar-refractivity contribution in [2.75, 3.05) is 36.9 Å². The molecular weight excluding hydrogens is 426 g/mol. The number of rotatable bonds is 7. The number of nitrogens with one attached hydrogen (secondary N) is 3. The molecule has 1 spiro atoms. The third kappa shape index (κ3) is 3.82. The molecule has 2 aromatic rings. The van der Waals surface area contributed by atoms with E-state index in [2.05, 4.69) is 22.2 Å². The minimum atomic E-state index is -1.10. The summed E-state index contributed by atoms with van der Waals surface area (Å²) in [5.41, 5.74) is 2.06. The third-order valence-corrected chi connectivity index (χ3v) is 6.98. The zero-order chi connectivity index (χ0) is 22.9. The fraction of sp³-hybridized carbons (Fsp3) is 0.417. The Morgan fingerprint density at radius 3 is 2.75 bits per heavy atom. The Labute approximate surface area is 192 Å². The molecule has 0 radical (unpaired) electrons. The Kier molecular flexibility index (Phi) is 6.35. The minimum Gasteiger partial charge on any atom is -0.497 e. The van der Waals surface area contributed by atoms with Gasteiger partial charge in [-0.15, -0.1) is 0 Å². The Morgan fingerprint density at radius 2 is 2.03 bits per heavy atom. The quantitative estimate of drug-likeness (QED) is 0.592. The van der Waals surface area contributed by atoms with E-state index in [9.17, 15) is 9.59 Å². The Morgan fingerprint density at radius 1 is 1.22 bits per heavy atom. The van der Waals surface area contributed by atoms with Crippen molar-refractivity contribution in [3.63, 3.8) is 0 Å². The van der Waals surface area contributed by atoms with Crippen molar-refractivity contribution < 1.29 is 19.1 Å². The number of hydrogen-bond acceptors (Lipinski definition) is 6. The molecular formula is C24H29N3O4S. The molecule has 7 nitrogen and oxygen atoms in total. The predicted octanol–water partition coefficient (Wildman–Crippen LogP) is 3.53. The van der Waals surface area contributed by atoms with Crippen LogP contribution in [-0.2, 0) is 15.1 Å². The van der Waals surface area contributed by atoms with Crippen LogP contribution in [0.25, 0.3) is 0 Å². The van der Waals surface area contributed by atoms with Crippen LogP contribution in [0.15, 0.2) is 36.4 Å². The minimum absolute atomic E-state index is 0.0580. The predicted molar refractivity (Wildman–Crippen MR) is 128 cm³/mol. The van der Waals surface area contributed by atoms with Crippen LogP contribution in [-0.4, -0.2) is 44.1 Å². The first-order chi connectivity index (χ1) is 15.4. The van der Waals surface area contributed by atoms with Crippen LogP contribution < -0.4 is 25.4 Å². The van der Waals surface area contributed by atoms with Gasteiger partial charge in [0.25, 0.3) is 0 Å². The van der Waals surface area contributed by atoms with Gasteiger partial charge in [-0.3, -0.25) is 14.9 Å². The summed E-state index contributed by atoms with van der Waals surface area (Å²) in [7, 11) is 3.12. The molecule has 1 saturated heterocycles. The lowest BCUT2D eigenvalue weighted by molar-refractivity contribution is -0.130. The number of carbonyl (C=O) groups excluding carboxylic acids is 2. The van der Waals surface area contributed by atoms with E-state index >= 15 is 0 Å². The Hall–Kier alpha value is -2.71. The molecule has 2 aliphatic heterocycles.